The van der Waals surface area contributed by atoms with Crippen LogP contribution in [-0.2, 0) is 6.42 Å². The Kier molecular flexibility index (Phi) is 8.17. The van der Waals surface area contributed by atoms with Crippen molar-refractivity contribution in [3.8, 4) is 22.9 Å². The van der Waals surface area contributed by atoms with Crippen molar-refractivity contribution in [2.75, 3.05) is 38.2 Å². The van der Waals surface area contributed by atoms with Crippen LogP contribution in [0.4, 0.5) is 27.8 Å². The summed E-state index contributed by atoms with van der Waals surface area (Å²) in [5.74, 6) is -1.37. The van der Waals surface area contributed by atoms with Crippen LogP contribution in [0.2, 0.25) is 0 Å². The number of β-amino-alcohol motifs (C(OH)–C–C–N with tert-alkyl or cyclic N) is 1. The van der Waals surface area contributed by atoms with Gasteiger partial charge in [-0.15, -0.1) is 0 Å². The number of hydrogen-bond donors (Lipinski definition) is 2. The van der Waals surface area contributed by atoms with Gasteiger partial charge in [0.15, 0.2) is 11.4 Å². The highest BCUT2D eigenvalue weighted by atomic mass is 19.4. The Morgan fingerprint density at radius 1 is 0.979 bits per heavy atom. The summed E-state index contributed by atoms with van der Waals surface area (Å²) in [4.78, 5) is 12.8. The van der Waals surface area contributed by atoms with Gasteiger partial charge in [-0.3, -0.25) is 0 Å². The van der Waals surface area contributed by atoms with E-state index in [1.54, 1.807) is 6.92 Å². The van der Waals surface area contributed by atoms with E-state index in [9.17, 15) is 27.8 Å². The first-order valence-electron chi connectivity index (χ1n) is 16.7. The van der Waals surface area contributed by atoms with Crippen molar-refractivity contribution < 1.29 is 36.9 Å². The number of phenols is 1. The number of aromatic nitrogens is 2. The number of anilines is 1. The smallest absolute Gasteiger partial charge is 0.418 e. The number of ether oxygens (including phenoxy) is 1. The first-order chi connectivity index (χ1) is 22.8. The lowest BCUT2D eigenvalue weighted by Gasteiger charge is -2.44. The van der Waals surface area contributed by atoms with Crippen LogP contribution >= 0.6 is 0 Å². The highest BCUT2D eigenvalue weighted by Crippen LogP contribution is 2.48. The third-order valence-electron chi connectivity index (χ3n) is 10.9. The number of hydrogen-bond acceptors (Lipinski definition) is 7. The van der Waals surface area contributed by atoms with Gasteiger partial charge in [0.25, 0.3) is 0 Å². The van der Waals surface area contributed by atoms with Gasteiger partial charge in [0, 0.05) is 29.0 Å². The Balaban J connectivity index is 1.38. The summed E-state index contributed by atoms with van der Waals surface area (Å²) in [5, 5.41) is 22.4. The van der Waals surface area contributed by atoms with Crippen LogP contribution in [0.5, 0.6) is 11.8 Å². The van der Waals surface area contributed by atoms with Crippen LogP contribution in [0.15, 0.2) is 36.4 Å². The zero-order valence-electron chi connectivity index (χ0n) is 27.0. The van der Waals surface area contributed by atoms with E-state index in [1.807, 2.05) is 0 Å². The molecule has 1 aliphatic carbocycles. The molecule has 0 amide bonds. The van der Waals surface area contributed by atoms with Crippen molar-refractivity contribution >= 4 is 27.5 Å². The fourth-order valence-electron chi connectivity index (χ4n) is 8.53. The lowest BCUT2D eigenvalue weighted by molar-refractivity contribution is -0.261. The van der Waals surface area contributed by atoms with E-state index in [4.69, 9.17) is 4.74 Å². The minimum atomic E-state index is -4.88. The van der Waals surface area contributed by atoms with E-state index in [2.05, 4.69) is 21.9 Å². The molecular weight excluding hydrogens is 631 g/mol. The van der Waals surface area contributed by atoms with Crippen LogP contribution in [0, 0.1) is 17.0 Å². The maximum Gasteiger partial charge on any atom is 0.418 e. The quantitative estimate of drug-likeness (QED) is 0.205. The Hall–Kier alpha value is -3.77. The molecule has 3 atom stereocenters. The summed E-state index contributed by atoms with van der Waals surface area (Å²) in [5.41, 5.74) is -2.64. The fourth-order valence-corrected chi connectivity index (χ4v) is 8.53. The van der Waals surface area contributed by atoms with Gasteiger partial charge in [0.2, 0.25) is 0 Å². The molecule has 7 nitrogen and oxygen atoms in total. The van der Waals surface area contributed by atoms with Crippen molar-refractivity contribution in [1.82, 2.24) is 14.9 Å². The van der Waals surface area contributed by atoms with Crippen molar-refractivity contribution in [3.05, 3.63) is 53.6 Å². The van der Waals surface area contributed by atoms with E-state index < -0.39 is 36.4 Å². The number of alkyl halides is 3. The van der Waals surface area contributed by atoms with Crippen molar-refractivity contribution in [2.24, 2.45) is 5.41 Å². The van der Waals surface area contributed by atoms with Gasteiger partial charge in [-0.2, -0.15) is 23.1 Å². The molecule has 0 bridgehead atoms. The molecule has 256 valence electrons. The highest BCUT2D eigenvalue weighted by Gasteiger charge is 2.55. The summed E-state index contributed by atoms with van der Waals surface area (Å²) >= 11 is 0. The zero-order valence-corrected chi connectivity index (χ0v) is 27.0. The molecular formula is C36H39F5N4O3. The zero-order chi connectivity index (χ0) is 34.0. The summed E-state index contributed by atoms with van der Waals surface area (Å²) in [6.45, 7) is 2.42. The summed E-state index contributed by atoms with van der Waals surface area (Å²) in [6, 6.07) is 8.81. The Labute approximate surface area is 275 Å². The van der Waals surface area contributed by atoms with E-state index in [0.717, 1.165) is 38.6 Å². The first kappa shape index (κ1) is 32.8. The fraction of sp³-hybridized carbons (Fsp3) is 0.500. The van der Waals surface area contributed by atoms with Gasteiger partial charge in [-0.25, -0.2) is 8.78 Å². The first-order valence-corrected chi connectivity index (χ1v) is 16.7. The van der Waals surface area contributed by atoms with E-state index >= 15 is 4.39 Å². The van der Waals surface area contributed by atoms with Crippen molar-refractivity contribution in [2.45, 2.75) is 76.1 Å². The standard InChI is InChI=1S/C36H39F5N4O3/c1-3-23-27(37)11-8-21-17-22(46)18-26(29(21)23)24-9-10-25-31(30(24)38)42-33(48-20-34-12-4-7-28(34)44(2)15-5-13-34)43-32(25)45-16-6-14-35(47,19-45)36(39,40)41/h8-11,17-18,28,46-47H,3-7,12-16,19-20H2,1-2H3/t28-,34-,35?/m1/s1. The minimum Gasteiger partial charge on any atom is -0.508 e. The molecule has 2 N–H and O–H groups in total. The van der Waals surface area contributed by atoms with Crippen LogP contribution in [0.1, 0.15) is 57.4 Å². The summed E-state index contributed by atoms with van der Waals surface area (Å²) in [6.07, 6.45) is -0.00842. The number of benzene rings is 3. The topological polar surface area (TPSA) is 82.0 Å². The molecule has 0 radical (unpaired) electrons. The maximum atomic E-state index is 16.9. The number of phenolic OH excluding ortho intramolecular Hbond substituents is 1. The van der Waals surface area contributed by atoms with Gasteiger partial charge in [-0.05, 0) is 105 Å². The predicted molar refractivity (Wildman–Crippen MR) is 173 cm³/mol. The SMILES string of the molecule is CCc1c(F)ccc2cc(O)cc(-c3ccc4c(N5CCCC(O)(C(F)(F)F)C5)nc(OC[C@]56CCC[C@H]5N(C)CCC6)nc4c3F)c12. The predicted octanol–water partition coefficient (Wildman–Crippen LogP) is 7.53. The molecule has 3 aliphatic rings. The van der Waals surface area contributed by atoms with Gasteiger partial charge < -0.3 is 24.7 Å². The van der Waals surface area contributed by atoms with Crippen LogP contribution in [-0.4, -0.2) is 76.2 Å². The van der Waals surface area contributed by atoms with Crippen LogP contribution < -0.4 is 9.64 Å². The average Bonchev–Trinajstić information content (AvgIpc) is 3.49. The molecule has 0 spiro atoms. The number of likely N-dealkylation sites (tertiary alicyclic amines) is 1. The Morgan fingerprint density at radius 3 is 2.52 bits per heavy atom. The maximum absolute atomic E-state index is 16.9. The molecule has 1 saturated carbocycles. The van der Waals surface area contributed by atoms with E-state index in [-0.39, 0.29) is 64.6 Å². The second-order valence-corrected chi connectivity index (χ2v) is 13.8. The molecule has 12 heteroatoms. The number of aliphatic hydroxyl groups is 1. The molecule has 1 aromatic heterocycles. The number of nitrogens with zero attached hydrogens (tertiary/aromatic N) is 4. The minimum absolute atomic E-state index is 0.0325. The normalized spacial score (nSPS) is 25.2. The molecule has 1 unspecified atom stereocenters. The van der Waals surface area contributed by atoms with Gasteiger partial charge in [0.05, 0.1) is 13.2 Å². The molecule has 48 heavy (non-hydrogen) atoms. The number of piperidine rings is 2. The van der Waals surface area contributed by atoms with E-state index in [0.29, 0.717) is 28.8 Å². The lowest BCUT2D eigenvalue weighted by Crippen LogP contribution is -2.57. The molecule has 2 aliphatic heterocycles. The number of aromatic hydroxyl groups is 1. The third kappa shape index (κ3) is 5.41. The number of halogens is 5. The molecule has 3 fully saturated rings. The highest BCUT2D eigenvalue weighted by molar-refractivity contribution is 6.03. The summed E-state index contributed by atoms with van der Waals surface area (Å²) in [7, 11) is 2.10. The molecule has 4 aromatic rings. The lowest BCUT2D eigenvalue weighted by atomic mass is 9.76. The second-order valence-electron chi connectivity index (χ2n) is 13.8. The molecule has 3 heterocycles. The van der Waals surface area contributed by atoms with Crippen LogP contribution in [0.3, 0.4) is 0 Å². The number of fused-ring (bicyclic) bond motifs is 3. The van der Waals surface area contributed by atoms with Gasteiger partial charge in [0.1, 0.15) is 22.9 Å². The second kappa shape index (κ2) is 12.0. The van der Waals surface area contributed by atoms with E-state index in [1.165, 1.54) is 41.3 Å². The van der Waals surface area contributed by atoms with Crippen molar-refractivity contribution in [1.29, 1.82) is 0 Å². The Morgan fingerprint density at radius 2 is 1.75 bits per heavy atom. The third-order valence-corrected chi connectivity index (χ3v) is 10.9. The van der Waals surface area contributed by atoms with Crippen LogP contribution in [0.25, 0.3) is 32.8 Å². The Bertz CT molecular complexity index is 1890. The number of rotatable bonds is 6. The van der Waals surface area contributed by atoms with Gasteiger partial charge >= 0.3 is 12.2 Å². The number of aryl methyl sites for hydroxylation is 1. The monoisotopic (exact) mass is 670 g/mol. The molecule has 2 saturated heterocycles. The van der Waals surface area contributed by atoms with Gasteiger partial charge in [-0.1, -0.05) is 25.5 Å². The average molecular weight is 671 g/mol. The van der Waals surface area contributed by atoms with Crippen molar-refractivity contribution in [3.63, 3.8) is 0 Å². The molecule has 3 aromatic carbocycles. The molecule has 7 rings (SSSR count). The summed E-state index contributed by atoms with van der Waals surface area (Å²) < 4.78 is 80.2. The largest absolute Gasteiger partial charge is 0.508 e.